The zero-order valence-electron chi connectivity index (χ0n) is 11.3. The quantitative estimate of drug-likeness (QED) is 0.879. The normalized spacial score (nSPS) is 23.6. The Balaban J connectivity index is 1.56. The zero-order valence-corrected chi connectivity index (χ0v) is 11.3. The van der Waals surface area contributed by atoms with Gasteiger partial charge < -0.3 is 5.73 Å². The summed E-state index contributed by atoms with van der Waals surface area (Å²) in [4.78, 5) is 24.5. The van der Waals surface area contributed by atoms with Gasteiger partial charge in [0.1, 0.15) is 0 Å². The van der Waals surface area contributed by atoms with Crippen molar-refractivity contribution in [2.75, 3.05) is 6.54 Å². The number of hydrogen-bond acceptors (Lipinski definition) is 3. The lowest BCUT2D eigenvalue weighted by Gasteiger charge is -2.21. The number of rotatable bonds is 4. The molecule has 1 fully saturated rings. The lowest BCUT2D eigenvalue weighted by atomic mass is 9.92. The Morgan fingerprint density at radius 3 is 2.35 bits per heavy atom. The van der Waals surface area contributed by atoms with Crippen LogP contribution in [0.2, 0.25) is 0 Å². The van der Waals surface area contributed by atoms with Gasteiger partial charge in [0.15, 0.2) is 0 Å². The molecule has 1 aromatic rings. The predicted octanol–water partition coefficient (Wildman–Crippen LogP) is 1.85. The number of carbonyl (C=O) groups excluding carboxylic acids is 2. The Kier molecular flexibility index (Phi) is 3.44. The van der Waals surface area contributed by atoms with E-state index in [1.54, 1.807) is 0 Å². The monoisotopic (exact) mass is 273 g/mol. The maximum atomic E-state index is 11.4. The molecule has 0 aromatic heterocycles. The third-order valence-corrected chi connectivity index (χ3v) is 4.31. The van der Waals surface area contributed by atoms with Crippen LogP contribution in [0.25, 0.3) is 0 Å². The molecule has 2 bridgehead atoms. The van der Waals surface area contributed by atoms with Crippen LogP contribution in [-0.2, 0) is 4.79 Å². The van der Waals surface area contributed by atoms with Crippen molar-refractivity contribution in [2.45, 2.75) is 37.8 Å². The fourth-order valence-electron chi connectivity index (χ4n) is 3.58. The average Bonchev–Trinajstić information content (AvgIpc) is 2.94. The number of fused-ring (bicyclic) bond motifs is 5. The Morgan fingerprint density at radius 1 is 1.20 bits per heavy atom. The first kappa shape index (κ1) is 13.1. The minimum Gasteiger partial charge on any atom is -0.351 e. The van der Waals surface area contributed by atoms with Gasteiger partial charge in [-0.25, -0.2) is 4.79 Å². The highest BCUT2D eigenvalue weighted by Gasteiger charge is 2.42. The topological polar surface area (TPSA) is 75.4 Å². The van der Waals surface area contributed by atoms with E-state index in [0.29, 0.717) is 18.5 Å². The van der Waals surface area contributed by atoms with Crippen molar-refractivity contribution in [1.29, 1.82) is 0 Å². The highest BCUT2D eigenvalue weighted by molar-refractivity contribution is 5.93. The van der Waals surface area contributed by atoms with E-state index in [0.717, 1.165) is 13.0 Å². The first-order valence-electron chi connectivity index (χ1n) is 7.10. The van der Waals surface area contributed by atoms with Gasteiger partial charge in [-0.1, -0.05) is 24.3 Å². The van der Waals surface area contributed by atoms with Gasteiger partial charge >= 0.3 is 6.03 Å². The number of amides is 3. The summed E-state index contributed by atoms with van der Waals surface area (Å²) >= 11 is 0. The molecule has 2 unspecified atom stereocenters. The van der Waals surface area contributed by atoms with Crippen molar-refractivity contribution in [3.63, 3.8) is 0 Å². The largest absolute Gasteiger partial charge is 0.351 e. The Hall–Kier alpha value is -1.88. The summed E-state index contributed by atoms with van der Waals surface area (Å²) in [5, 5.41) is 2.10. The molecule has 0 aliphatic carbocycles. The third-order valence-electron chi connectivity index (χ3n) is 4.31. The Labute approximate surface area is 118 Å². The fourth-order valence-corrected chi connectivity index (χ4v) is 3.58. The van der Waals surface area contributed by atoms with Gasteiger partial charge in [-0.2, -0.15) is 0 Å². The molecule has 3 amide bonds. The number of imide groups is 1. The van der Waals surface area contributed by atoms with E-state index in [-0.39, 0.29) is 5.91 Å². The van der Waals surface area contributed by atoms with Crippen molar-refractivity contribution in [3.05, 3.63) is 35.4 Å². The van der Waals surface area contributed by atoms with Crippen LogP contribution in [0.5, 0.6) is 0 Å². The number of nitrogens with two attached hydrogens (primary N) is 1. The number of hydrogen-bond donors (Lipinski definition) is 2. The Bertz CT molecular complexity index is 513. The van der Waals surface area contributed by atoms with Crippen LogP contribution in [0, 0.1) is 0 Å². The lowest BCUT2D eigenvalue weighted by Crippen LogP contribution is -2.35. The second-order valence-corrected chi connectivity index (χ2v) is 5.49. The highest BCUT2D eigenvalue weighted by Crippen LogP contribution is 2.52. The fraction of sp³-hybridized carbons (Fsp3) is 0.467. The van der Waals surface area contributed by atoms with Gasteiger partial charge in [-0.05, 0) is 36.9 Å². The third kappa shape index (κ3) is 2.29. The molecule has 20 heavy (non-hydrogen) atoms. The standard InChI is InChI=1S/C15H19N3O2/c16-15(20)17-14(19)6-3-9-18-12-7-8-13(18)11-5-2-1-4-10(11)12/h1-2,4-5,12-13H,3,6-9H2,(H3,16,17,19,20). The summed E-state index contributed by atoms with van der Waals surface area (Å²) in [6.07, 6.45) is 3.50. The van der Waals surface area contributed by atoms with E-state index < -0.39 is 6.03 Å². The van der Waals surface area contributed by atoms with Crippen molar-refractivity contribution in [3.8, 4) is 0 Å². The van der Waals surface area contributed by atoms with Gasteiger partial charge in [0.25, 0.3) is 0 Å². The van der Waals surface area contributed by atoms with E-state index in [9.17, 15) is 9.59 Å². The molecule has 2 atom stereocenters. The SMILES string of the molecule is NC(=O)NC(=O)CCCN1C2CCC1c1ccccc12. The van der Waals surface area contributed by atoms with Crippen molar-refractivity contribution >= 4 is 11.9 Å². The van der Waals surface area contributed by atoms with Crippen molar-refractivity contribution in [2.24, 2.45) is 5.73 Å². The van der Waals surface area contributed by atoms with Crippen LogP contribution >= 0.6 is 0 Å². The number of primary amides is 1. The molecule has 106 valence electrons. The molecule has 1 aromatic carbocycles. The van der Waals surface area contributed by atoms with Crippen LogP contribution in [0.1, 0.15) is 48.9 Å². The molecule has 2 heterocycles. The summed E-state index contributed by atoms with van der Waals surface area (Å²) in [6, 6.07) is 8.86. The number of nitrogens with zero attached hydrogens (tertiary/aromatic N) is 1. The van der Waals surface area contributed by atoms with E-state index in [4.69, 9.17) is 5.73 Å². The van der Waals surface area contributed by atoms with Gasteiger partial charge in [0.2, 0.25) is 5.91 Å². The zero-order chi connectivity index (χ0) is 14.1. The summed E-state index contributed by atoms with van der Waals surface area (Å²) in [5.74, 6) is -0.290. The molecule has 0 spiro atoms. The molecule has 1 saturated heterocycles. The van der Waals surface area contributed by atoms with Gasteiger partial charge in [-0.15, -0.1) is 0 Å². The molecular formula is C15H19N3O2. The summed E-state index contributed by atoms with van der Waals surface area (Å²) in [5.41, 5.74) is 7.82. The van der Waals surface area contributed by atoms with Crippen LogP contribution in [0.15, 0.2) is 24.3 Å². The summed E-state index contributed by atoms with van der Waals surface area (Å²) in [7, 11) is 0. The molecule has 5 heteroatoms. The van der Waals surface area contributed by atoms with Gasteiger partial charge in [-0.3, -0.25) is 15.0 Å². The first-order chi connectivity index (χ1) is 9.66. The second kappa shape index (κ2) is 5.25. The minimum atomic E-state index is -0.774. The van der Waals surface area contributed by atoms with Crippen LogP contribution in [0.3, 0.4) is 0 Å². The lowest BCUT2D eigenvalue weighted by molar-refractivity contribution is -0.120. The van der Waals surface area contributed by atoms with E-state index in [1.165, 1.54) is 24.0 Å². The number of benzene rings is 1. The molecular weight excluding hydrogens is 254 g/mol. The second-order valence-electron chi connectivity index (χ2n) is 5.49. The van der Waals surface area contributed by atoms with Crippen LogP contribution < -0.4 is 11.1 Å². The average molecular weight is 273 g/mol. The molecule has 0 radical (unpaired) electrons. The molecule has 0 saturated carbocycles. The molecule has 3 N–H and O–H groups in total. The maximum Gasteiger partial charge on any atom is 0.318 e. The van der Waals surface area contributed by atoms with Gasteiger partial charge in [0, 0.05) is 18.5 Å². The minimum absolute atomic E-state index is 0.290. The van der Waals surface area contributed by atoms with E-state index >= 15 is 0 Å². The van der Waals surface area contributed by atoms with Crippen molar-refractivity contribution < 1.29 is 9.59 Å². The number of urea groups is 1. The first-order valence-corrected chi connectivity index (χ1v) is 7.10. The Morgan fingerprint density at radius 2 is 1.80 bits per heavy atom. The smallest absolute Gasteiger partial charge is 0.318 e. The van der Waals surface area contributed by atoms with E-state index in [2.05, 4.69) is 34.5 Å². The molecule has 3 rings (SSSR count). The summed E-state index contributed by atoms with van der Waals surface area (Å²) in [6.45, 7) is 0.885. The summed E-state index contributed by atoms with van der Waals surface area (Å²) < 4.78 is 0. The predicted molar refractivity (Wildman–Crippen MR) is 74.8 cm³/mol. The van der Waals surface area contributed by atoms with Crippen LogP contribution in [-0.4, -0.2) is 23.4 Å². The van der Waals surface area contributed by atoms with Crippen molar-refractivity contribution in [1.82, 2.24) is 10.2 Å². The molecule has 2 aliphatic heterocycles. The number of nitrogens with one attached hydrogen (secondary N) is 1. The van der Waals surface area contributed by atoms with Crippen LogP contribution in [0.4, 0.5) is 4.79 Å². The highest BCUT2D eigenvalue weighted by atomic mass is 16.2. The number of carbonyl (C=O) groups is 2. The van der Waals surface area contributed by atoms with E-state index in [1.807, 2.05) is 0 Å². The molecule has 2 aliphatic rings. The van der Waals surface area contributed by atoms with Gasteiger partial charge in [0.05, 0.1) is 0 Å². The maximum absolute atomic E-state index is 11.4. The molecule has 5 nitrogen and oxygen atoms in total.